The van der Waals surface area contributed by atoms with E-state index in [0.717, 1.165) is 16.7 Å². The lowest BCUT2D eigenvalue weighted by molar-refractivity contribution is -0.123. The fraction of sp³-hybridized carbons (Fsp3) is 0.0588. The summed E-state index contributed by atoms with van der Waals surface area (Å²) in [5.74, 6) is -0.913. The van der Waals surface area contributed by atoms with Crippen LogP contribution in [-0.2, 0) is 11.3 Å². The van der Waals surface area contributed by atoms with Crippen LogP contribution in [0.15, 0.2) is 47.4 Å². The average Bonchev–Trinajstić information content (AvgIpc) is 2.80. The molecular weight excluding hydrogens is 372 g/mol. The molecule has 0 atom stereocenters. The van der Waals surface area contributed by atoms with Crippen LogP contribution < -0.4 is 0 Å². The second-order valence-electron chi connectivity index (χ2n) is 5.03. The number of imide groups is 1. The molecule has 1 heterocycles. The van der Waals surface area contributed by atoms with E-state index < -0.39 is 17.0 Å². The van der Waals surface area contributed by atoms with E-state index in [0.29, 0.717) is 15.6 Å². The first kappa shape index (κ1) is 17.0. The Kier molecular flexibility index (Phi) is 4.94. The van der Waals surface area contributed by atoms with Crippen LogP contribution in [0.5, 0.6) is 0 Å². The number of rotatable bonds is 3. The van der Waals surface area contributed by atoms with E-state index in [4.69, 9.17) is 23.2 Å². The maximum atomic E-state index is 13.7. The van der Waals surface area contributed by atoms with Crippen molar-refractivity contribution in [3.8, 4) is 0 Å². The lowest BCUT2D eigenvalue weighted by Gasteiger charge is -2.12. The fourth-order valence-electron chi connectivity index (χ4n) is 2.19. The molecular formula is C17H10Cl2FNO2S. The normalized spacial score (nSPS) is 16.3. The van der Waals surface area contributed by atoms with Crippen LogP contribution in [0.2, 0.25) is 10.0 Å². The molecule has 1 saturated heterocycles. The number of thioether (sulfide) groups is 1. The molecule has 3 rings (SSSR count). The van der Waals surface area contributed by atoms with E-state index in [2.05, 4.69) is 0 Å². The Morgan fingerprint density at radius 2 is 1.83 bits per heavy atom. The van der Waals surface area contributed by atoms with Crippen molar-refractivity contribution in [2.75, 3.05) is 0 Å². The van der Waals surface area contributed by atoms with Crippen molar-refractivity contribution in [1.82, 2.24) is 4.90 Å². The van der Waals surface area contributed by atoms with Crippen LogP contribution in [0.1, 0.15) is 11.1 Å². The molecule has 0 spiro atoms. The number of nitrogens with zero attached hydrogens (tertiary/aromatic N) is 1. The Balaban J connectivity index is 1.84. The molecule has 7 heteroatoms. The van der Waals surface area contributed by atoms with Gasteiger partial charge in [0.05, 0.1) is 21.5 Å². The third kappa shape index (κ3) is 3.48. The van der Waals surface area contributed by atoms with E-state index in [-0.39, 0.29) is 17.0 Å². The van der Waals surface area contributed by atoms with Gasteiger partial charge in [-0.2, -0.15) is 0 Å². The molecule has 1 fully saturated rings. The fourth-order valence-corrected chi connectivity index (χ4v) is 3.33. The molecule has 2 aromatic carbocycles. The second kappa shape index (κ2) is 6.97. The summed E-state index contributed by atoms with van der Waals surface area (Å²) >= 11 is 12.6. The summed E-state index contributed by atoms with van der Waals surface area (Å²) in [7, 11) is 0. The highest BCUT2D eigenvalue weighted by molar-refractivity contribution is 8.18. The molecule has 0 aromatic heterocycles. The van der Waals surface area contributed by atoms with E-state index in [1.807, 2.05) is 0 Å². The lowest BCUT2D eigenvalue weighted by atomic mass is 10.2. The number of benzene rings is 2. The molecule has 122 valence electrons. The Morgan fingerprint density at radius 3 is 2.54 bits per heavy atom. The summed E-state index contributed by atoms with van der Waals surface area (Å²) in [5.41, 5.74) is 0.941. The zero-order valence-corrected chi connectivity index (χ0v) is 14.5. The Morgan fingerprint density at radius 1 is 1.08 bits per heavy atom. The minimum atomic E-state index is -0.459. The number of carbonyl (C=O) groups is 2. The molecule has 0 bridgehead atoms. The van der Waals surface area contributed by atoms with Gasteiger partial charge in [-0.1, -0.05) is 47.5 Å². The van der Waals surface area contributed by atoms with Gasteiger partial charge in [0.2, 0.25) is 0 Å². The molecule has 0 N–H and O–H groups in total. The monoisotopic (exact) mass is 381 g/mol. The van der Waals surface area contributed by atoms with E-state index in [1.54, 1.807) is 42.5 Å². The van der Waals surface area contributed by atoms with Gasteiger partial charge in [-0.25, -0.2) is 4.39 Å². The largest absolute Gasteiger partial charge is 0.293 e. The zero-order chi connectivity index (χ0) is 17.3. The number of hydrogen-bond donors (Lipinski definition) is 0. The van der Waals surface area contributed by atoms with Crippen molar-refractivity contribution in [2.24, 2.45) is 0 Å². The van der Waals surface area contributed by atoms with Crippen molar-refractivity contribution in [3.63, 3.8) is 0 Å². The average molecular weight is 382 g/mol. The Bertz CT molecular complexity index is 869. The summed E-state index contributed by atoms with van der Waals surface area (Å²) in [5, 5.41) is 0.326. The molecule has 0 unspecified atom stereocenters. The highest BCUT2D eigenvalue weighted by atomic mass is 35.5. The van der Waals surface area contributed by atoms with Gasteiger partial charge < -0.3 is 0 Å². The molecule has 0 aliphatic carbocycles. The number of carbonyl (C=O) groups excluding carboxylic acids is 2. The topological polar surface area (TPSA) is 37.4 Å². The maximum Gasteiger partial charge on any atom is 0.293 e. The van der Waals surface area contributed by atoms with Crippen molar-refractivity contribution >= 4 is 52.2 Å². The van der Waals surface area contributed by atoms with Crippen LogP contribution in [0, 0.1) is 5.82 Å². The number of hydrogen-bond acceptors (Lipinski definition) is 3. The summed E-state index contributed by atoms with van der Waals surface area (Å²) in [6.45, 7) is -0.101. The Hall–Kier alpha value is -1.82. The third-order valence-corrected chi connectivity index (χ3v) is 5.05. The third-order valence-electron chi connectivity index (χ3n) is 3.40. The minimum absolute atomic E-state index is 0.101. The molecule has 0 radical (unpaired) electrons. The quantitative estimate of drug-likeness (QED) is 0.670. The number of amides is 2. The highest BCUT2D eigenvalue weighted by Gasteiger charge is 2.35. The van der Waals surface area contributed by atoms with Gasteiger partial charge in [-0.15, -0.1) is 0 Å². The first-order valence-electron chi connectivity index (χ1n) is 6.89. The minimum Gasteiger partial charge on any atom is -0.268 e. The lowest BCUT2D eigenvalue weighted by Crippen LogP contribution is -2.27. The van der Waals surface area contributed by atoms with Gasteiger partial charge in [-0.05, 0) is 41.6 Å². The van der Waals surface area contributed by atoms with E-state index in [9.17, 15) is 14.0 Å². The SMILES string of the molecule is O=C1S/C(=C\c2ccc(Cl)c(Cl)c2)C(=O)N1Cc1ccccc1F. The van der Waals surface area contributed by atoms with Gasteiger partial charge in [0, 0.05) is 5.56 Å². The standard InChI is InChI=1S/C17H10Cl2FNO2S/c18-12-6-5-10(7-13(12)19)8-15-16(22)21(17(23)24-15)9-11-3-1-2-4-14(11)20/h1-8H,9H2/b15-8-. The first-order chi connectivity index (χ1) is 11.5. The highest BCUT2D eigenvalue weighted by Crippen LogP contribution is 2.34. The van der Waals surface area contributed by atoms with E-state index in [1.165, 1.54) is 6.07 Å². The molecule has 2 aromatic rings. The van der Waals surface area contributed by atoms with Gasteiger partial charge >= 0.3 is 0 Å². The van der Waals surface area contributed by atoms with Crippen molar-refractivity contribution in [1.29, 1.82) is 0 Å². The predicted octanol–water partition coefficient (Wildman–Crippen LogP) is 5.37. The van der Waals surface area contributed by atoms with Gasteiger partial charge in [0.15, 0.2) is 0 Å². The van der Waals surface area contributed by atoms with Crippen LogP contribution in [0.4, 0.5) is 9.18 Å². The predicted molar refractivity (Wildman–Crippen MR) is 94.4 cm³/mol. The zero-order valence-electron chi connectivity index (χ0n) is 12.1. The molecule has 3 nitrogen and oxygen atoms in total. The van der Waals surface area contributed by atoms with Crippen LogP contribution in [-0.4, -0.2) is 16.0 Å². The number of halogens is 3. The van der Waals surface area contributed by atoms with Gasteiger partial charge in [0.1, 0.15) is 5.82 Å². The summed E-state index contributed by atoms with van der Waals surface area (Å²) < 4.78 is 13.7. The smallest absolute Gasteiger partial charge is 0.268 e. The molecule has 0 saturated carbocycles. The van der Waals surface area contributed by atoms with Crippen molar-refractivity contribution < 1.29 is 14.0 Å². The van der Waals surface area contributed by atoms with Crippen LogP contribution in [0.25, 0.3) is 6.08 Å². The molecule has 1 aliphatic rings. The molecule has 1 aliphatic heterocycles. The van der Waals surface area contributed by atoms with Gasteiger partial charge in [0.25, 0.3) is 11.1 Å². The maximum absolute atomic E-state index is 13.7. The summed E-state index contributed by atoms with van der Waals surface area (Å²) in [6.07, 6.45) is 1.56. The molecule has 2 amide bonds. The van der Waals surface area contributed by atoms with Crippen molar-refractivity contribution in [3.05, 3.63) is 74.4 Å². The summed E-state index contributed by atoms with van der Waals surface area (Å²) in [4.78, 5) is 25.8. The van der Waals surface area contributed by atoms with E-state index >= 15 is 0 Å². The Labute approximate surface area is 152 Å². The molecule has 24 heavy (non-hydrogen) atoms. The second-order valence-corrected chi connectivity index (χ2v) is 6.84. The summed E-state index contributed by atoms with van der Waals surface area (Å²) in [6, 6.07) is 11.0. The van der Waals surface area contributed by atoms with Crippen molar-refractivity contribution in [2.45, 2.75) is 6.54 Å². The first-order valence-corrected chi connectivity index (χ1v) is 8.47. The van der Waals surface area contributed by atoms with Gasteiger partial charge in [-0.3, -0.25) is 14.5 Å². The van der Waals surface area contributed by atoms with Crippen LogP contribution >= 0.6 is 35.0 Å². The van der Waals surface area contributed by atoms with Crippen LogP contribution in [0.3, 0.4) is 0 Å².